The molecular formula is C26H23N3O5. The van der Waals surface area contributed by atoms with Gasteiger partial charge >= 0.3 is 0 Å². The molecule has 0 aromatic heterocycles. The lowest BCUT2D eigenvalue weighted by Gasteiger charge is -2.17. The largest absolute Gasteiger partial charge is 0.497 e. The topological polar surface area (TPSA) is 97.0 Å². The average molecular weight is 457 g/mol. The van der Waals surface area contributed by atoms with Crippen LogP contribution in [0.2, 0.25) is 0 Å². The van der Waals surface area contributed by atoms with Gasteiger partial charge in [0.2, 0.25) is 5.91 Å². The fourth-order valence-electron chi connectivity index (χ4n) is 3.66. The Kier molecular flexibility index (Phi) is 6.31. The van der Waals surface area contributed by atoms with E-state index in [1.54, 1.807) is 66.7 Å². The van der Waals surface area contributed by atoms with Crippen molar-refractivity contribution in [2.45, 2.75) is 6.92 Å². The number of rotatable bonds is 7. The molecule has 0 radical (unpaired) electrons. The normalized spacial score (nSPS) is 13.2. The summed E-state index contributed by atoms with van der Waals surface area (Å²) in [6, 6.07) is 20.7. The molecule has 8 heteroatoms. The van der Waals surface area contributed by atoms with Crippen LogP contribution < -0.4 is 25.0 Å². The number of anilines is 3. The first-order valence-electron chi connectivity index (χ1n) is 10.5. The summed E-state index contributed by atoms with van der Waals surface area (Å²) in [5.74, 6) is -0.262. The summed E-state index contributed by atoms with van der Waals surface area (Å²) in [5, 5.41) is 5.79. The number of methoxy groups -OCH3 is 2. The van der Waals surface area contributed by atoms with Crippen LogP contribution in [-0.2, 0) is 14.4 Å². The highest BCUT2D eigenvalue weighted by molar-refractivity contribution is 6.46. The van der Waals surface area contributed by atoms with Crippen LogP contribution in [0.1, 0.15) is 12.5 Å². The zero-order chi connectivity index (χ0) is 24.2. The third-order valence-electron chi connectivity index (χ3n) is 5.22. The van der Waals surface area contributed by atoms with Crippen molar-refractivity contribution >= 4 is 40.4 Å². The molecule has 0 spiro atoms. The van der Waals surface area contributed by atoms with Gasteiger partial charge in [-0.3, -0.25) is 14.4 Å². The minimum Gasteiger partial charge on any atom is -0.497 e. The molecule has 2 N–H and O–H groups in total. The first kappa shape index (κ1) is 22.6. The fourth-order valence-corrected chi connectivity index (χ4v) is 3.66. The van der Waals surface area contributed by atoms with E-state index in [2.05, 4.69) is 10.6 Å². The lowest BCUT2D eigenvalue weighted by molar-refractivity contribution is -0.120. The van der Waals surface area contributed by atoms with Gasteiger partial charge in [-0.2, -0.15) is 0 Å². The third kappa shape index (κ3) is 4.47. The standard InChI is InChI=1S/C26H23N3O5/c1-16(30)27-18-9-11-19(12-10-18)28-24-23(17-7-5-4-6-8-17)25(31)29(26(24)32)20-13-21(33-2)15-22(14-20)34-3/h4-15,28H,1-3H3,(H,27,30). The van der Waals surface area contributed by atoms with Crippen molar-refractivity contribution in [1.82, 2.24) is 0 Å². The van der Waals surface area contributed by atoms with E-state index in [9.17, 15) is 14.4 Å². The number of imide groups is 1. The zero-order valence-electron chi connectivity index (χ0n) is 18.9. The molecular weight excluding hydrogens is 434 g/mol. The molecule has 4 rings (SSSR count). The summed E-state index contributed by atoms with van der Waals surface area (Å²) in [7, 11) is 2.99. The van der Waals surface area contributed by atoms with Crippen LogP contribution in [-0.4, -0.2) is 31.9 Å². The van der Waals surface area contributed by atoms with Gasteiger partial charge in [-0.1, -0.05) is 30.3 Å². The summed E-state index contributed by atoms with van der Waals surface area (Å²) in [4.78, 5) is 39.5. The molecule has 0 fully saturated rings. The van der Waals surface area contributed by atoms with Gasteiger partial charge in [-0.25, -0.2) is 4.90 Å². The lowest BCUT2D eigenvalue weighted by atomic mass is 10.0. The van der Waals surface area contributed by atoms with Crippen LogP contribution in [0.5, 0.6) is 11.5 Å². The summed E-state index contributed by atoms with van der Waals surface area (Å²) < 4.78 is 10.6. The number of carbonyl (C=O) groups excluding carboxylic acids is 3. The van der Waals surface area contributed by atoms with Gasteiger partial charge in [0.05, 0.1) is 25.5 Å². The molecule has 0 bridgehead atoms. The fraction of sp³-hybridized carbons (Fsp3) is 0.115. The molecule has 0 unspecified atom stereocenters. The molecule has 3 aromatic carbocycles. The summed E-state index contributed by atoms with van der Waals surface area (Å²) in [5.41, 5.74) is 2.54. The number of benzene rings is 3. The SMILES string of the molecule is COc1cc(OC)cc(N2C(=O)C(Nc3ccc(NC(C)=O)cc3)=C(c3ccccc3)C2=O)c1. The van der Waals surface area contributed by atoms with Crippen molar-refractivity contribution in [3.8, 4) is 11.5 Å². The molecule has 34 heavy (non-hydrogen) atoms. The summed E-state index contributed by atoms with van der Waals surface area (Å²) >= 11 is 0. The summed E-state index contributed by atoms with van der Waals surface area (Å²) in [6.45, 7) is 1.42. The van der Waals surface area contributed by atoms with E-state index >= 15 is 0 Å². The lowest BCUT2D eigenvalue weighted by Crippen LogP contribution is -2.32. The molecule has 8 nitrogen and oxygen atoms in total. The Balaban J connectivity index is 1.76. The van der Waals surface area contributed by atoms with Crippen LogP contribution in [0.4, 0.5) is 17.1 Å². The van der Waals surface area contributed by atoms with Gasteiger partial charge in [0.1, 0.15) is 17.2 Å². The maximum absolute atomic E-state index is 13.6. The van der Waals surface area contributed by atoms with Gasteiger partial charge in [0.25, 0.3) is 11.8 Å². The Morgan fingerprint density at radius 2 is 1.38 bits per heavy atom. The number of hydrogen-bond donors (Lipinski definition) is 2. The highest BCUT2D eigenvalue weighted by Crippen LogP contribution is 2.37. The third-order valence-corrected chi connectivity index (χ3v) is 5.22. The van der Waals surface area contributed by atoms with Crippen LogP contribution in [0.15, 0.2) is 78.5 Å². The van der Waals surface area contributed by atoms with Crippen molar-refractivity contribution in [3.05, 3.63) is 84.1 Å². The number of carbonyl (C=O) groups is 3. The molecule has 3 amide bonds. The Morgan fingerprint density at radius 1 is 0.794 bits per heavy atom. The van der Waals surface area contributed by atoms with Gasteiger partial charge < -0.3 is 20.1 Å². The predicted octanol–water partition coefficient (Wildman–Crippen LogP) is 4.06. The van der Waals surface area contributed by atoms with Crippen molar-refractivity contribution in [1.29, 1.82) is 0 Å². The monoisotopic (exact) mass is 457 g/mol. The molecule has 1 aliphatic rings. The second-order valence-electron chi connectivity index (χ2n) is 7.52. The van der Waals surface area contributed by atoms with Crippen LogP contribution in [0.3, 0.4) is 0 Å². The van der Waals surface area contributed by atoms with E-state index in [0.29, 0.717) is 34.1 Å². The minimum atomic E-state index is -0.509. The van der Waals surface area contributed by atoms with Gasteiger partial charge in [0, 0.05) is 36.5 Å². The molecule has 1 heterocycles. The van der Waals surface area contributed by atoms with E-state index in [1.807, 2.05) is 6.07 Å². The Morgan fingerprint density at radius 3 is 1.94 bits per heavy atom. The molecule has 0 saturated heterocycles. The quantitative estimate of drug-likeness (QED) is 0.520. The maximum Gasteiger partial charge on any atom is 0.282 e. The van der Waals surface area contributed by atoms with Crippen molar-refractivity contribution < 1.29 is 23.9 Å². The highest BCUT2D eigenvalue weighted by atomic mass is 16.5. The predicted molar refractivity (Wildman–Crippen MR) is 130 cm³/mol. The van der Waals surface area contributed by atoms with E-state index in [0.717, 1.165) is 4.90 Å². The Bertz CT molecular complexity index is 1260. The van der Waals surface area contributed by atoms with Gasteiger partial charge in [-0.15, -0.1) is 0 Å². The maximum atomic E-state index is 13.6. The first-order valence-corrected chi connectivity index (χ1v) is 10.5. The van der Waals surface area contributed by atoms with Gasteiger partial charge in [0.15, 0.2) is 0 Å². The van der Waals surface area contributed by atoms with Crippen LogP contribution in [0, 0.1) is 0 Å². The first-order chi connectivity index (χ1) is 16.4. The summed E-state index contributed by atoms with van der Waals surface area (Å²) in [6.07, 6.45) is 0. The van der Waals surface area contributed by atoms with Crippen LogP contribution in [0.25, 0.3) is 5.57 Å². The minimum absolute atomic E-state index is 0.144. The van der Waals surface area contributed by atoms with Crippen molar-refractivity contribution in [2.75, 3.05) is 29.8 Å². The molecule has 0 atom stereocenters. The number of amides is 3. The molecule has 3 aromatic rings. The molecule has 0 saturated carbocycles. The smallest absolute Gasteiger partial charge is 0.282 e. The van der Waals surface area contributed by atoms with Crippen molar-refractivity contribution in [2.24, 2.45) is 0 Å². The molecule has 0 aliphatic carbocycles. The molecule has 1 aliphatic heterocycles. The average Bonchev–Trinajstić information content (AvgIpc) is 3.09. The zero-order valence-corrected chi connectivity index (χ0v) is 18.9. The van der Waals surface area contributed by atoms with E-state index in [-0.39, 0.29) is 17.2 Å². The molecule has 172 valence electrons. The van der Waals surface area contributed by atoms with E-state index in [4.69, 9.17) is 9.47 Å². The number of nitrogens with one attached hydrogen (secondary N) is 2. The second-order valence-corrected chi connectivity index (χ2v) is 7.52. The van der Waals surface area contributed by atoms with E-state index < -0.39 is 11.8 Å². The van der Waals surface area contributed by atoms with Gasteiger partial charge in [-0.05, 0) is 29.8 Å². The number of ether oxygens (including phenoxy) is 2. The van der Waals surface area contributed by atoms with E-state index in [1.165, 1.54) is 21.1 Å². The Hall–Kier alpha value is -4.59. The van der Waals surface area contributed by atoms with Crippen molar-refractivity contribution in [3.63, 3.8) is 0 Å². The van der Waals surface area contributed by atoms with Crippen LogP contribution >= 0.6 is 0 Å². The second kappa shape index (κ2) is 9.50. The number of nitrogens with zero attached hydrogens (tertiary/aromatic N) is 1. The highest BCUT2D eigenvalue weighted by Gasteiger charge is 2.40. The number of hydrogen-bond acceptors (Lipinski definition) is 6. The Labute approximate surface area is 196 Å².